The summed E-state index contributed by atoms with van der Waals surface area (Å²) in [5, 5.41) is 10.9. The zero-order chi connectivity index (χ0) is 78.6. The molecule has 2 N–H and O–H groups in total. The Labute approximate surface area is 614 Å². The van der Waals surface area contributed by atoms with E-state index in [-0.39, 0.29) is 60.8 Å². The first kappa shape index (κ1) is 91.9. The van der Waals surface area contributed by atoms with Crippen LogP contribution < -0.4 is 0 Å². The Bertz CT molecular complexity index is 3510. The minimum absolute atomic E-state index is 0.0304. The maximum atomic E-state index is 10.6. The van der Waals surface area contributed by atoms with Gasteiger partial charge in [0.1, 0.15) is 30.3 Å². The van der Waals surface area contributed by atoms with Crippen molar-refractivity contribution < 1.29 is 18.5 Å². The van der Waals surface area contributed by atoms with E-state index in [1.807, 2.05) is 73.9 Å². The average molecular weight is 1400 g/mol. The predicted molar refractivity (Wildman–Crippen MR) is 431 cm³/mol. The highest BCUT2D eigenvalue weighted by atomic mass is 16.5. The number of oxazole rings is 1. The van der Waals surface area contributed by atoms with Crippen LogP contribution in [0.2, 0.25) is 0 Å². The number of nitrogens with one attached hydrogen (secondary N) is 2. The maximum Gasteiger partial charge on any atom is 0.331 e. The van der Waals surface area contributed by atoms with Gasteiger partial charge in [-0.2, -0.15) is 5.10 Å². The van der Waals surface area contributed by atoms with Crippen LogP contribution in [0, 0.1) is 61.7 Å². The minimum atomic E-state index is -0.222. The van der Waals surface area contributed by atoms with Gasteiger partial charge in [-0.25, -0.2) is 19.7 Å². The van der Waals surface area contributed by atoms with Crippen molar-refractivity contribution in [3.8, 4) is 0 Å². The molecule has 5 aromatic heterocycles. The topological polar surface area (TPSA) is 203 Å². The molecule has 101 heavy (non-hydrogen) atoms. The average Bonchev–Trinajstić information content (AvgIpc) is 1.70. The Morgan fingerprint density at radius 3 is 1.26 bits per heavy atom. The van der Waals surface area contributed by atoms with Crippen LogP contribution in [-0.4, -0.2) is 94.4 Å². The third-order valence-corrected chi connectivity index (χ3v) is 16.6. The summed E-state index contributed by atoms with van der Waals surface area (Å²) in [5.41, 5.74) is 20.3. The molecule has 0 amide bonds. The molecule has 1 unspecified atom stereocenters. The molecule has 0 saturated carbocycles. The smallest absolute Gasteiger partial charge is 0.331 e. The van der Waals surface area contributed by atoms with Gasteiger partial charge in [-0.15, -0.1) is 0 Å². The van der Waals surface area contributed by atoms with E-state index in [1.54, 1.807) is 12.5 Å². The second-order valence-corrected chi connectivity index (χ2v) is 37.3. The number of carbonyl (C=O) groups is 1. The molecule has 16 heteroatoms. The first-order valence-electron chi connectivity index (χ1n) is 36.1. The molecule has 566 valence electrons. The van der Waals surface area contributed by atoms with E-state index in [2.05, 4.69) is 312 Å². The van der Waals surface area contributed by atoms with Gasteiger partial charge < -0.3 is 23.2 Å². The lowest BCUT2D eigenvalue weighted by molar-refractivity contribution is -0.142. The van der Waals surface area contributed by atoms with Gasteiger partial charge in [0.15, 0.2) is 5.89 Å². The number of carbonyl (C=O) groups excluding carboxylic acids is 1. The number of hydrogen-bond donors (Lipinski definition) is 2. The second-order valence-electron chi connectivity index (χ2n) is 37.3. The number of ether oxygens (including phenoxy) is 1. The van der Waals surface area contributed by atoms with Gasteiger partial charge in [-0.05, 0) is 112 Å². The molecule has 5 aliphatic rings. The molecule has 0 radical (unpaired) electrons. The van der Waals surface area contributed by atoms with Gasteiger partial charge in [0.2, 0.25) is 0 Å². The molecule has 0 fully saturated rings. The van der Waals surface area contributed by atoms with Crippen molar-refractivity contribution >= 4 is 28.8 Å². The molecule has 0 spiro atoms. The fraction of sp³-hybridized carbons (Fsp3) is 0.647. The van der Waals surface area contributed by atoms with E-state index in [1.165, 1.54) is 68.3 Å². The lowest BCUT2D eigenvalue weighted by Crippen LogP contribution is -2.25. The van der Waals surface area contributed by atoms with E-state index in [0.717, 1.165) is 66.4 Å². The molecule has 10 heterocycles. The summed E-state index contributed by atoms with van der Waals surface area (Å²) in [5.74, 6) is 2.59. The van der Waals surface area contributed by atoms with Crippen LogP contribution in [0.15, 0.2) is 119 Å². The lowest BCUT2D eigenvalue weighted by atomic mass is 9.84. The van der Waals surface area contributed by atoms with Gasteiger partial charge in [-0.3, -0.25) is 25.1 Å². The molecule has 0 bridgehead atoms. The lowest BCUT2D eigenvalue weighted by Gasteiger charge is -2.23. The van der Waals surface area contributed by atoms with Gasteiger partial charge in [0, 0.05) is 123 Å². The van der Waals surface area contributed by atoms with Crippen LogP contribution in [0.25, 0.3) is 0 Å². The maximum absolute atomic E-state index is 10.6. The number of aryl methyl sites for hydroxylation is 5. The Morgan fingerprint density at radius 1 is 0.554 bits per heavy atom. The van der Waals surface area contributed by atoms with Crippen LogP contribution in [-0.2, 0) is 43.7 Å². The minimum Gasteiger partial charge on any atom is -0.454 e. The normalized spacial score (nSPS) is 16.0. The Hall–Kier alpha value is -7.10. The van der Waals surface area contributed by atoms with Gasteiger partial charge in [-0.1, -0.05) is 231 Å². The van der Waals surface area contributed by atoms with Gasteiger partial charge in [0.05, 0.1) is 36.7 Å². The second kappa shape index (κ2) is 37.4. The Kier molecular flexibility index (Phi) is 34.0. The first-order valence-corrected chi connectivity index (χ1v) is 36.1. The molecule has 1 atom stereocenters. The van der Waals surface area contributed by atoms with Crippen LogP contribution in [0.1, 0.15) is 299 Å². The molecule has 0 aromatic carbocycles. The molecular formula is C85H142N12O4. The third kappa shape index (κ3) is 34.2. The van der Waals surface area contributed by atoms with E-state index in [0.29, 0.717) is 5.41 Å². The molecule has 16 nitrogen and oxygen atoms in total. The summed E-state index contributed by atoms with van der Waals surface area (Å²) in [4.78, 5) is 43.7. The van der Waals surface area contributed by atoms with Gasteiger partial charge in [0.25, 0.3) is 0 Å². The highest BCUT2D eigenvalue weighted by Gasteiger charge is 2.30. The molecule has 5 aliphatic heterocycles. The summed E-state index contributed by atoms with van der Waals surface area (Å²) in [6, 6.07) is 2.08. The number of rotatable bonds is 0. The fourth-order valence-electron chi connectivity index (χ4n) is 10.1. The van der Waals surface area contributed by atoms with E-state index < -0.39 is 0 Å². The summed E-state index contributed by atoms with van der Waals surface area (Å²) >= 11 is 0. The van der Waals surface area contributed by atoms with E-state index >= 15 is 0 Å². The van der Waals surface area contributed by atoms with Gasteiger partial charge >= 0.3 is 5.97 Å². The van der Waals surface area contributed by atoms with Crippen molar-refractivity contribution in [3.05, 3.63) is 147 Å². The number of cyclic esters (lactones) is 1. The van der Waals surface area contributed by atoms with Crippen LogP contribution in [0.5, 0.6) is 0 Å². The Morgan fingerprint density at radius 2 is 1.08 bits per heavy atom. The fourth-order valence-corrected chi connectivity index (χ4v) is 10.1. The zero-order valence-electron chi connectivity index (χ0n) is 71.4. The number of aliphatic imine (C=N–C) groups is 4. The standard InChI is InChI=1S/C9H16N2.4C9H15N.2C8H14N2.2C8H13NO.C8H12O2/c1-7-10-6-8(11(7)5)9(2,3)4;1-7-5-8(6-10-7)9(2,3)4;2*1-7-8(5-6-10-7)9(2,3)4;1-7-5-6-8(10-7)9(2,3)4;1-6-9-5-7(10-6)8(2,3)4;1-6-5-7(10-9-6)8(2,3)4;1-6-9-7(5-10-6)8(2,3)4;1-6-7(5-10-9-6)8(2,3)4;1-8(2,3)6-4-5-7(9)10-6/h6H,1-5H3;3*5H,6H2,1-4H3;6H,5H2,1-4H3;2*5H,1-4H3,(H,9,10);2*5H,1-4H3;4-6H,1-3H3. The zero-order valence-corrected chi connectivity index (χ0v) is 71.4. The molecule has 0 saturated heterocycles. The van der Waals surface area contributed by atoms with Crippen LogP contribution in [0.3, 0.4) is 0 Å². The predicted octanol–water partition coefficient (Wildman–Crippen LogP) is 22.2. The van der Waals surface area contributed by atoms with Crippen molar-refractivity contribution in [2.75, 3.05) is 19.6 Å². The van der Waals surface area contributed by atoms with E-state index in [9.17, 15) is 4.79 Å². The van der Waals surface area contributed by atoms with Crippen molar-refractivity contribution in [2.45, 2.75) is 310 Å². The van der Waals surface area contributed by atoms with Crippen molar-refractivity contribution in [1.82, 2.24) is 39.9 Å². The van der Waals surface area contributed by atoms with Crippen molar-refractivity contribution in [2.24, 2.45) is 54.1 Å². The number of hydrogen-bond acceptors (Lipinski definition) is 13. The number of esters is 1. The highest BCUT2D eigenvalue weighted by molar-refractivity contribution is 6.01. The molecule has 0 aliphatic carbocycles. The van der Waals surface area contributed by atoms with Crippen molar-refractivity contribution in [1.29, 1.82) is 0 Å². The number of aromatic nitrogens is 8. The summed E-state index contributed by atoms with van der Waals surface area (Å²) in [6.07, 6.45) is 20.4. The van der Waals surface area contributed by atoms with Crippen LogP contribution in [0.4, 0.5) is 0 Å². The number of nitrogens with zero attached hydrogens (tertiary/aromatic N) is 10. The largest absolute Gasteiger partial charge is 0.454 e. The number of H-pyrrole nitrogens is 2. The summed E-state index contributed by atoms with van der Waals surface area (Å²) < 4.78 is 17.0. The molecule has 5 aromatic rings. The summed E-state index contributed by atoms with van der Waals surface area (Å²) in [6.45, 7) is 85.9. The number of aromatic amines is 2. The quantitative estimate of drug-likeness (QED) is 0.141. The number of allylic oxidation sites excluding steroid dienone is 5. The Balaban J connectivity index is 0.000000561. The van der Waals surface area contributed by atoms with Crippen LogP contribution >= 0.6 is 0 Å². The monoisotopic (exact) mass is 1400 g/mol. The summed E-state index contributed by atoms with van der Waals surface area (Å²) in [7, 11) is 2.06. The number of imidazole rings is 2. The molecular weight excluding hydrogens is 1250 g/mol. The first-order chi connectivity index (χ1) is 45.5. The van der Waals surface area contributed by atoms with Crippen molar-refractivity contribution in [3.63, 3.8) is 0 Å². The highest BCUT2D eigenvalue weighted by Crippen LogP contribution is 2.33. The molecule has 10 rings (SSSR count). The SMILES string of the molecule is CC(C)(C)C1C=CC(=O)O1.CC1=NC(C(C)(C)C)=CC1.CC1=NCC(C(C)(C)C)=C1.CC1=NCC=C1C(C)(C)C.CC1=NCC=C1C(C)(C)C.Cc1cc(C(C)(C)C)n[nH]1.Cc1nc(C(C)(C)C)co1.Cc1ncc(C(C)(C)C)[nH]1.Cc1ncc(C(C)(C)C)n1C.Cc1nocc1C(C)(C)C. The third-order valence-electron chi connectivity index (χ3n) is 16.6. The van der Waals surface area contributed by atoms with E-state index in [4.69, 9.17) is 13.7 Å².